The van der Waals surface area contributed by atoms with Crippen LogP contribution in [-0.2, 0) is 26.8 Å². The van der Waals surface area contributed by atoms with Crippen molar-refractivity contribution >= 4 is 29.3 Å². The van der Waals surface area contributed by atoms with E-state index in [0.717, 1.165) is 10.6 Å². The van der Waals surface area contributed by atoms with Crippen LogP contribution in [0.25, 0.3) is 0 Å². The smallest absolute Gasteiger partial charge is 0.388 e. The lowest BCUT2D eigenvalue weighted by Crippen LogP contribution is -2.35. The summed E-state index contributed by atoms with van der Waals surface area (Å²) in [6.45, 7) is -0.935. The molecule has 0 saturated carbocycles. The van der Waals surface area contributed by atoms with E-state index < -0.39 is 54.0 Å². The van der Waals surface area contributed by atoms with Crippen LogP contribution in [0.15, 0.2) is 28.7 Å². The number of aromatic nitrogens is 2. The summed E-state index contributed by atoms with van der Waals surface area (Å²) in [5.74, 6) is -0.0869. The maximum Gasteiger partial charge on any atom is 0.490 e. The predicted octanol–water partition coefficient (Wildman–Crippen LogP) is -1.63. The fourth-order valence-corrected chi connectivity index (χ4v) is 5.32. The molecule has 0 saturated heterocycles. The molecule has 0 fully saturated rings. The Morgan fingerprint density at radius 2 is 1.72 bits per heavy atom. The number of anilines is 1. The molecule has 0 radical (unpaired) electrons. The van der Waals surface area contributed by atoms with Crippen LogP contribution in [0.2, 0.25) is 0 Å². The number of aliphatic hydroxyl groups is 2. The summed E-state index contributed by atoms with van der Waals surface area (Å²) in [5, 5.41) is 20.1. The first kappa shape index (κ1) is 24.0. The summed E-state index contributed by atoms with van der Waals surface area (Å²) in [5.41, 5.74) is 4.28. The molecule has 4 unspecified atom stereocenters. The highest BCUT2D eigenvalue weighted by atomic mass is 31.3. The molecule has 1 aliphatic rings. The molecule has 0 spiro atoms. The normalized spacial score (nSPS) is 26.6. The van der Waals surface area contributed by atoms with Gasteiger partial charge in [0, 0.05) is 6.20 Å². The number of hydrogen-bond acceptors (Lipinski definition) is 11. The Labute approximate surface area is 161 Å². The molecule has 1 aromatic rings. The highest BCUT2D eigenvalue weighted by Gasteiger charge is 2.42. The van der Waals surface area contributed by atoms with Crippen LogP contribution in [-0.4, -0.2) is 58.2 Å². The number of phosphoric acid groups is 3. The van der Waals surface area contributed by atoms with E-state index in [9.17, 15) is 33.6 Å². The van der Waals surface area contributed by atoms with Crippen LogP contribution in [0.1, 0.15) is 6.04 Å². The zero-order chi connectivity index (χ0) is 22.2. The molecule has 5 atom stereocenters. The lowest BCUT2D eigenvalue weighted by molar-refractivity contribution is 0.0270. The van der Waals surface area contributed by atoms with E-state index in [0.29, 0.717) is 0 Å². The minimum atomic E-state index is -5.69. The van der Waals surface area contributed by atoms with Crippen LogP contribution in [0, 0.1) is 0 Å². The van der Waals surface area contributed by atoms with Crippen molar-refractivity contribution in [2.24, 2.45) is 0 Å². The van der Waals surface area contributed by atoms with Gasteiger partial charge in [-0.3, -0.25) is 9.09 Å². The third-order valence-electron chi connectivity index (χ3n) is 3.42. The van der Waals surface area contributed by atoms with Gasteiger partial charge < -0.3 is 35.5 Å². The maximum atomic E-state index is 11.9. The van der Waals surface area contributed by atoms with Gasteiger partial charge in [0.15, 0.2) is 0 Å². The first-order valence-corrected chi connectivity index (χ1v) is 11.8. The second-order valence-electron chi connectivity index (χ2n) is 5.57. The molecule has 1 aliphatic carbocycles. The van der Waals surface area contributed by atoms with E-state index in [1.807, 2.05) is 0 Å². The monoisotopic (exact) mass is 479 g/mol. The van der Waals surface area contributed by atoms with Gasteiger partial charge in [-0.15, -0.1) is 0 Å². The van der Waals surface area contributed by atoms with E-state index >= 15 is 0 Å². The number of nitrogens with zero attached hydrogens (tertiary/aromatic N) is 2. The highest BCUT2D eigenvalue weighted by molar-refractivity contribution is 7.66. The number of rotatable bonds is 8. The third-order valence-corrected chi connectivity index (χ3v) is 7.20. The Morgan fingerprint density at radius 3 is 2.28 bits per heavy atom. The Hall–Kier alpha value is -1.25. The molecular weight excluding hydrogens is 463 g/mol. The van der Waals surface area contributed by atoms with Crippen molar-refractivity contribution in [3.63, 3.8) is 0 Å². The molecule has 16 nitrogen and oxygen atoms in total. The minimum absolute atomic E-state index is 0.0869. The molecule has 1 heterocycles. The second kappa shape index (κ2) is 8.47. The summed E-state index contributed by atoms with van der Waals surface area (Å²) in [6.07, 6.45) is -0.957. The summed E-state index contributed by atoms with van der Waals surface area (Å²) < 4.78 is 45.9. The average molecular weight is 479 g/mol. The van der Waals surface area contributed by atoms with Crippen LogP contribution in [0.4, 0.5) is 5.82 Å². The van der Waals surface area contributed by atoms with Crippen LogP contribution >= 0.6 is 23.5 Å². The van der Waals surface area contributed by atoms with E-state index in [-0.39, 0.29) is 11.4 Å². The van der Waals surface area contributed by atoms with Gasteiger partial charge in [0.1, 0.15) is 18.0 Å². The zero-order valence-electron chi connectivity index (χ0n) is 14.0. The predicted molar refractivity (Wildman–Crippen MR) is 91.9 cm³/mol. The molecular formula is C10H16N3O13P3. The fraction of sp³-hybridized carbons (Fsp3) is 0.400. The van der Waals surface area contributed by atoms with E-state index in [1.54, 1.807) is 0 Å². The first-order chi connectivity index (χ1) is 13.1. The molecule has 8 N–H and O–H groups in total. The highest BCUT2D eigenvalue weighted by Crippen LogP contribution is 2.66. The van der Waals surface area contributed by atoms with E-state index in [2.05, 4.69) is 18.1 Å². The maximum absolute atomic E-state index is 11.9. The van der Waals surface area contributed by atoms with E-state index in [4.69, 9.17) is 20.4 Å². The van der Waals surface area contributed by atoms with Crippen molar-refractivity contribution in [3.05, 3.63) is 34.4 Å². The SMILES string of the molecule is Nc1ccn([C@@H]2C=C(COP(=O)(O)OP(=O)(O)OP(=O)(O)O)C(O)C2O)c(=O)n1. The third kappa shape index (κ3) is 6.62. The Morgan fingerprint density at radius 1 is 1.10 bits per heavy atom. The number of phosphoric ester groups is 1. The van der Waals surface area contributed by atoms with Crippen molar-refractivity contribution < 1.29 is 56.6 Å². The summed E-state index contributed by atoms with van der Waals surface area (Å²) in [4.78, 5) is 50.7. The van der Waals surface area contributed by atoms with Gasteiger partial charge in [-0.25, -0.2) is 18.5 Å². The first-order valence-electron chi connectivity index (χ1n) is 7.30. The molecule has 0 amide bonds. The van der Waals surface area contributed by atoms with Crippen molar-refractivity contribution in [2.75, 3.05) is 12.3 Å². The Bertz CT molecular complexity index is 1000. The van der Waals surface area contributed by atoms with Gasteiger partial charge in [-0.05, 0) is 11.6 Å². The van der Waals surface area contributed by atoms with Crippen LogP contribution in [0.5, 0.6) is 0 Å². The molecule has 29 heavy (non-hydrogen) atoms. The molecule has 0 aliphatic heterocycles. The lowest BCUT2D eigenvalue weighted by Gasteiger charge is -2.19. The molecule has 1 aromatic heterocycles. The molecule has 0 bridgehead atoms. The van der Waals surface area contributed by atoms with Gasteiger partial charge in [-0.1, -0.05) is 6.08 Å². The van der Waals surface area contributed by atoms with Crippen molar-refractivity contribution in [1.29, 1.82) is 0 Å². The number of nitrogen functional groups attached to an aromatic ring is 1. The zero-order valence-corrected chi connectivity index (χ0v) is 16.7. The van der Waals surface area contributed by atoms with Gasteiger partial charge >= 0.3 is 29.2 Å². The lowest BCUT2D eigenvalue weighted by atomic mass is 10.1. The van der Waals surface area contributed by atoms with Crippen molar-refractivity contribution in [3.8, 4) is 0 Å². The average Bonchev–Trinajstić information content (AvgIpc) is 2.78. The number of aliphatic hydroxyl groups excluding tert-OH is 2. The minimum Gasteiger partial charge on any atom is -0.388 e. The largest absolute Gasteiger partial charge is 0.490 e. The van der Waals surface area contributed by atoms with Gasteiger partial charge in [-0.2, -0.15) is 13.6 Å². The van der Waals surface area contributed by atoms with Gasteiger partial charge in [0.2, 0.25) is 0 Å². The van der Waals surface area contributed by atoms with Crippen molar-refractivity contribution in [2.45, 2.75) is 18.2 Å². The number of nitrogens with two attached hydrogens (primary N) is 1. The van der Waals surface area contributed by atoms with Crippen LogP contribution < -0.4 is 11.4 Å². The Kier molecular flexibility index (Phi) is 7.02. The quantitative estimate of drug-likeness (QED) is 0.163. The van der Waals surface area contributed by atoms with Crippen molar-refractivity contribution in [1.82, 2.24) is 9.55 Å². The molecule has 19 heteroatoms. The molecule has 164 valence electrons. The summed E-state index contributed by atoms with van der Waals surface area (Å²) in [7, 11) is -16.7. The summed E-state index contributed by atoms with van der Waals surface area (Å²) in [6, 6.07) is 0.100. The summed E-state index contributed by atoms with van der Waals surface area (Å²) >= 11 is 0. The molecule has 0 aromatic carbocycles. The van der Waals surface area contributed by atoms with Gasteiger partial charge in [0.25, 0.3) is 0 Å². The molecule has 2 rings (SSSR count). The van der Waals surface area contributed by atoms with Gasteiger partial charge in [0.05, 0.1) is 12.6 Å². The fourth-order valence-electron chi connectivity index (χ4n) is 2.31. The van der Waals surface area contributed by atoms with Crippen LogP contribution in [0.3, 0.4) is 0 Å². The standard InChI is InChI=1S/C10H16N3O13P3/c11-7-1-2-13(10(16)12-7)6-3-5(8(14)9(6)15)4-24-28(20,21)26-29(22,23)25-27(17,18)19/h1-3,6,8-9,14-15H,4H2,(H,20,21)(H,22,23)(H2,11,12,16)(H2,17,18,19)/t6-,8?,9?/m1/s1. The second-order valence-corrected chi connectivity index (χ2v) is 9.99. The number of hydrogen-bond donors (Lipinski definition) is 7. The van der Waals surface area contributed by atoms with E-state index in [1.165, 1.54) is 12.3 Å². The Balaban J connectivity index is 2.12. The topological polar surface area (TPSA) is 261 Å².